The Kier molecular flexibility index (Phi) is 6.44. The van der Waals surface area contributed by atoms with Crippen LogP contribution in [0.15, 0.2) is 67.1 Å². The van der Waals surface area contributed by atoms with Crippen LogP contribution in [-0.4, -0.2) is 20.7 Å². The quantitative estimate of drug-likeness (QED) is 0.441. The van der Waals surface area contributed by atoms with Gasteiger partial charge >= 0.3 is 51.4 Å². The van der Waals surface area contributed by atoms with Crippen LogP contribution in [0, 0.1) is 0 Å². The van der Waals surface area contributed by atoms with Crippen molar-refractivity contribution in [2.45, 2.75) is 0 Å². The Morgan fingerprint density at radius 2 is 1.91 bits per heavy atom. The van der Waals surface area contributed by atoms with Crippen molar-refractivity contribution in [1.29, 1.82) is 0 Å². The van der Waals surface area contributed by atoms with Gasteiger partial charge in [0.2, 0.25) is 0 Å². The number of rotatable bonds is 4. The molecule has 0 bridgehead atoms. The van der Waals surface area contributed by atoms with E-state index < -0.39 is 5.97 Å². The van der Waals surface area contributed by atoms with Gasteiger partial charge in [-0.15, -0.1) is 0 Å². The molecule has 0 radical (unpaired) electrons. The second-order valence-corrected chi connectivity index (χ2v) is 4.61. The Morgan fingerprint density at radius 3 is 2.57 bits per heavy atom. The van der Waals surface area contributed by atoms with Gasteiger partial charge in [0.05, 0.1) is 11.7 Å². The van der Waals surface area contributed by atoms with Crippen molar-refractivity contribution < 1.29 is 61.3 Å². The molecule has 0 saturated heterocycles. The summed E-state index contributed by atoms with van der Waals surface area (Å²) in [5, 5.41) is 15.2. The monoisotopic (exact) mass is 329 g/mol. The molecule has 0 atom stereocenters. The van der Waals surface area contributed by atoms with Gasteiger partial charge < -0.3 is 9.90 Å². The van der Waals surface area contributed by atoms with Gasteiger partial charge in [-0.3, -0.25) is 4.98 Å². The predicted octanol–water partition coefficient (Wildman–Crippen LogP) is -1.30. The molecule has 1 aromatic carbocycles. The molecular formula is C17H12KN3O2. The van der Waals surface area contributed by atoms with Crippen LogP contribution >= 0.6 is 0 Å². The standard InChI is InChI=1S/C17H13N3O2.K/c21-16(22)9-8-14-12-20(15-6-2-1-3-7-15)19-17(14)13-5-4-10-18-11-13;/h1-12H,(H,21,22);/q;+1/p-1. The summed E-state index contributed by atoms with van der Waals surface area (Å²) in [6.07, 6.45) is 7.61. The minimum absolute atomic E-state index is 0. The predicted molar refractivity (Wildman–Crippen MR) is 80.8 cm³/mol. The topological polar surface area (TPSA) is 70.8 Å². The number of nitrogens with zero attached hydrogens (tertiary/aromatic N) is 3. The molecule has 0 N–H and O–H groups in total. The van der Waals surface area contributed by atoms with Crippen LogP contribution in [0.25, 0.3) is 23.0 Å². The molecule has 5 nitrogen and oxygen atoms in total. The Bertz CT molecular complexity index is 814. The van der Waals surface area contributed by atoms with Crippen molar-refractivity contribution in [3.63, 3.8) is 0 Å². The molecule has 0 spiro atoms. The average molecular weight is 329 g/mol. The number of hydrogen-bond donors (Lipinski definition) is 0. The third-order valence-electron chi connectivity index (χ3n) is 3.10. The van der Waals surface area contributed by atoms with E-state index in [1.165, 1.54) is 6.08 Å². The zero-order valence-corrected chi connectivity index (χ0v) is 15.7. The van der Waals surface area contributed by atoms with E-state index in [0.717, 1.165) is 17.3 Å². The minimum Gasteiger partial charge on any atom is -0.545 e. The van der Waals surface area contributed by atoms with Gasteiger partial charge in [0.1, 0.15) is 5.69 Å². The van der Waals surface area contributed by atoms with E-state index in [1.807, 2.05) is 42.5 Å². The van der Waals surface area contributed by atoms with E-state index in [0.29, 0.717) is 11.3 Å². The normalized spacial score (nSPS) is 10.4. The van der Waals surface area contributed by atoms with Crippen LogP contribution in [-0.2, 0) is 4.79 Å². The maximum Gasteiger partial charge on any atom is 1.00 e. The van der Waals surface area contributed by atoms with Gasteiger partial charge in [0.25, 0.3) is 0 Å². The first-order chi connectivity index (χ1) is 10.7. The molecule has 0 unspecified atom stereocenters. The third-order valence-corrected chi connectivity index (χ3v) is 3.10. The Hall–Kier alpha value is -1.57. The molecule has 0 saturated carbocycles. The summed E-state index contributed by atoms with van der Waals surface area (Å²) in [6.45, 7) is 0. The van der Waals surface area contributed by atoms with Crippen molar-refractivity contribution in [3.8, 4) is 16.9 Å². The van der Waals surface area contributed by atoms with Gasteiger partial charge in [-0.25, -0.2) is 4.68 Å². The average Bonchev–Trinajstić information content (AvgIpc) is 2.99. The van der Waals surface area contributed by atoms with Gasteiger partial charge in [0.15, 0.2) is 0 Å². The number of hydrogen-bond acceptors (Lipinski definition) is 4. The van der Waals surface area contributed by atoms with Crippen LogP contribution in [0.5, 0.6) is 0 Å². The number of carbonyl (C=O) groups excluding carboxylic acids is 1. The summed E-state index contributed by atoms with van der Waals surface area (Å²) >= 11 is 0. The molecule has 3 aromatic rings. The number of carboxylic acid groups (broad SMARTS) is 1. The summed E-state index contributed by atoms with van der Waals surface area (Å²) in [5.41, 5.74) is 3.05. The fraction of sp³-hybridized carbons (Fsp3) is 0. The van der Waals surface area contributed by atoms with Gasteiger partial charge in [-0.1, -0.05) is 18.2 Å². The second-order valence-electron chi connectivity index (χ2n) is 4.61. The van der Waals surface area contributed by atoms with Crippen molar-refractivity contribution in [2.24, 2.45) is 0 Å². The molecule has 2 aromatic heterocycles. The molecule has 6 heteroatoms. The van der Waals surface area contributed by atoms with Crippen LogP contribution < -0.4 is 56.5 Å². The van der Waals surface area contributed by atoms with Crippen molar-refractivity contribution >= 4 is 12.0 Å². The SMILES string of the molecule is O=C([O-])C=Cc1cn(-c2ccccc2)nc1-c1cccnc1.[K+]. The zero-order chi connectivity index (χ0) is 15.4. The third kappa shape index (κ3) is 4.46. The first kappa shape index (κ1) is 17.8. The maximum absolute atomic E-state index is 10.7. The number of pyridine rings is 1. The molecule has 3 rings (SSSR count). The number of para-hydroxylation sites is 1. The molecule has 23 heavy (non-hydrogen) atoms. The molecule has 108 valence electrons. The second kappa shape index (κ2) is 8.33. The van der Waals surface area contributed by atoms with E-state index >= 15 is 0 Å². The first-order valence-corrected chi connectivity index (χ1v) is 6.68. The number of carbonyl (C=O) groups is 1. The zero-order valence-electron chi connectivity index (χ0n) is 12.6. The van der Waals surface area contributed by atoms with Crippen molar-refractivity contribution in [2.75, 3.05) is 0 Å². The van der Waals surface area contributed by atoms with Crippen LogP contribution in [0.1, 0.15) is 5.56 Å². The number of aliphatic carboxylic acids is 1. The summed E-state index contributed by atoms with van der Waals surface area (Å²) < 4.78 is 1.71. The van der Waals surface area contributed by atoms with Crippen LogP contribution in [0.3, 0.4) is 0 Å². The molecule has 0 fully saturated rings. The summed E-state index contributed by atoms with van der Waals surface area (Å²) in [4.78, 5) is 14.7. The number of benzene rings is 1. The maximum atomic E-state index is 10.7. The number of aromatic nitrogens is 3. The fourth-order valence-electron chi connectivity index (χ4n) is 2.11. The minimum atomic E-state index is -1.25. The molecule has 0 aliphatic heterocycles. The summed E-state index contributed by atoms with van der Waals surface area (Å²) in [7, 11) is 0. The Morgan fingerprint density at radius 1 is 1.13 bits per heavy atom. The van der Waals surface area contributed by atoms with E-state index in [-0.39, 0.29) is 51.4 Å². The van der Waals surface area contributed by atoms with Crippen LogP contribution in [0.4, 0.5) is 0 Å². The van der Waals surface area contributed by atoms with E-state index in [1.54, 1.807) is 23.3 Å². The van der Waals surface area contributed by atoms with Crippen molar-refractivity contribution in [1.82, 2.24) is 14.8 Å². The van der Waals surface area contributed by atoms with Crippen LogP contribution in [0.2, 0.25) is 0 Å². The molecule has 0 aliphatic carbocycles. The number of carboxylic acids is 1. The summed E-state index contributed by atoms with van der Waals surface area (Å²) in [5.74, 6) is -1.25. The molecule has 0 aliphatic rings. The molecular weight excluding hydrogens is 317 g/mol. The molecule has 0 amide bonds. The van der Waals surface area contributed by atoms with Gasteiger partial charge in [-0.2, -0.15) is 5.10 Å². The van der Waals surface area contributed by atoms with E-state index in [9.17, 15) is 9.90 Å². The van der Waals surface area contributed by atoms with Gasteiger partial charge in [-0.05, 0) is 36.4 Å². The van der Waals surface area contributed by atoms with Gasteiger partial charge in [0, 0.05) is 29.7 Å². The smallest absolute Gasteiger partial charge is 0.545 e. The van der Waals surface area contributed by atoms with E-state index in [2.05, 4.69) is 10.1 Å². The first-order valence-electron chi connectivity index (χ1n) is 6.68. The van der Waals surface area contributed by atoms with E-state index in [4.69, 9.17) is 0 Å². The largest absolute Gasteiger partial charge is 1.00 e. The summed E-state index contributed by atoms with van der Waals surface area (Å²) in [6, 6.07) is 13.3. The Labute approximate surface area is 176 Å². The molecule has 2 heterocycles. The fourth-order valence-corrected chi connectivity index (χ4v) is 2.11. The van der Waals surface area contributed by atoms with Crippen molar-refractivity contribution in [3.05, 3.63) is 72.7 Å². The Balaban J connectivity index is 0.00000192.